The summed E-state index contributed by atoms with van der Waals surface area (Å²) in [5, 5.41) is 3.25. The Morgan fingerprint density at radius 2 is 2.40 bits per heavy atom. The Labute approximate surface area is 63.7 Å². The van der Waals surface area contributed by atoms with Gasteiger partial charge in [0.05, 0.1) is 0 Å². The van der Waals surface area contributed by atoms with Crippen LogP contribution < -0.4 is 0 Å². The van der Waals surface area contributed by atoms with Gasteiger partial charge in [0.15, 0.2) is 0 Å². The first-order valence-corrected chi connectivity index (χ1v) is 4.04. The van der Waals surface area contributed by atoms with Crippen LogP contribution >= 0.6 is 11.3 Å². The molecule has 1 nitrogen and oxygen atoms in total. The average molecular weight is 149 g/mol. The predicted octanol–water partition coefficient (Wildman–Crippen LogP) is 2.56. The lowest BCUT2D eigenvalue weighted by Gasteiger charge is -1.94. The van der Waals surface area contributed by atoms with Gasteiger partial charge < -0.3 is 0 Å². The number of hydrogen-bond donors (Lipinski definition) is 0. The molecule has 50 valence electrons. The molecule has 0 saturated carbocycles. The Kier molecular flexibility index (Phi) is 1.21. The van der Waals surface area contributed by atoms with Gasteiger partial charge >= 0.3 is 0 Å². The quantitative estimate of drug-likeness (QED) is 0.561. The normalized spacial score (nSPS) is 10.5. The maximum atomic E-state index is 4.18. The van der Waals surface area contributed by atoms with E-state index in [0.29, 0.717) is 0 Å². The minimum absolute atomic E-state index is 1.13. The average Bonchev–Trinajstić information content (AvgIpc) is 2.33. The predicted molar refractivity (Wildman–Crippen MR) is 43.5 cm³/mol. The van der Waals surface area contributed by atoms with E-state index in [-0.39, 0.29) is 0 Å². The summed E-state index contributed by atoms with van der Waals surface area (Å²) in [7, 11) is 0. The zero-order valence-corrected chi connectivity index (χ0v) is 6.48. The van der Waals surface area contributed by atoms with E-state index in [9.17, 15) is 0 Å². The largest absolute Gasteiger partial charge is 0.245 e. The molecule has 0 atom stereocenters. The molecule has 0 aromatic heterocycles. The smallest absolute Gasteiger partial charge is 0.123 e. The number of nitrogens with zero attached hydrogens (tertiary/aromatic N) is 1. The highest BCUT2D eigenvalue weighted by molar-refractivity contribution is 7.13. The molecular weight excluding hydrogens is 142 g/mol. The van der Waals surface area contributed by atoms with Crippen molar-refractivity contribution in [2.24, 2.45) is 0 Å². The molecule has 2 aliphatic heterocycles. The molecule has 0 amide bonds. The molecule has 0 unspecified atom stereocenters. The summed E-state index contributed by atoms with van der Waals surface area (Å²) >= 11 is 1.70. The third kappa shape index (κ3) is 0.809. The summed E-state index contributed by atoms with van der Waals surface area (Å²) in [6, 6.07) is 4.19. The molecule has 2 heteroatoms. The summed E-state index contributed by atoms with van der Waals surface area (Å²) in [5.41, 5.74) is 2.57. The van der Waals surface area contributed by atoms with E-state index in [1.54, 1.807) is 11.3 Å². The Hall–Kier alpha value is -0.890. The van der Waals surface area contributed by atoms with Gasteiger partial charge in [0, 0.05) is 11.8 Å². The number of aromatic nitrogens is 1. The van der Waals surface area contributed by atoms with E-state index in [2.05, 4.69) is 23.4 Å². The standard InChI is InChI=1S/C8H7NS/c1-6-4-7-2-3-9-8(7)10-5-6/h2-5H,1H3. The highest BCUT2D eigenvalue weighted by atomic mass is 32.1. The molecule has 0 fully saturated rings. The Balaban J connectivity index is 2.75. The maximum absolute atomic E-state index is 4.18. The molecule has 0 radical (unpaired) electrons. The van der Waals surface area contributed by atoms with Crippen molar-refractivity contribution in [1.29, 1.82) is 0 Å². The van der Waals surface area contributed by atoms with Gasteiger partial charge in [0.1, 0.15) is 5.01 Å². The lowest BCUT2D eigenvalue weighted by molar-refractivity contribution is 1.44. The third-order valence-electron chi connectivity index (χ3n) is 1.43. The molecule has 10 heavy (non-hydrogen) atoms. The molecule has 0 aromatic carbocycles. The van der Waals surface area contributed by atoms with Crippen LogP contribution in [0.4, 0.5) is 0 Å². The van der Waals surface area contributed by atoms with Crippen molar-refractivity contribution in [2.75, 3.05) is 0 Å². The lowest BCUT2D eigenvalue weighted by Crippen LogP contribution is -1.72. The van der Waals surface area contributed by atoms with Gasteiger partial charge in [0.2, 0.25) is 0 Å². The van der Waals surface area contributed by atoms with Crippen LogP contribution in [0.2, 0.25) is 0 Å². The van der Waals surface area contributed by atoms with Crippen molar-refractivity contribution in [1.82, 2.24) is 4.98 Å². The third-order valence-corrected chi connectivity index (χ3v) is 2.49. The van der Waals surface area contributed by atoms with Gasteiger partial charge in [-0.2, -0.15) is 0 Å². The number of hydrogen-bond acceptors (Lipinski definition) is 2. The van der Waals surface area contributed by atoms with E-state index in [1.807, 2.05) is 12.3 Å². The molecule has 0 saturated heterocycles. The molecule has 0 spiro atoms. The van der Waals surface area contributed by atoms with Crippen LogP contribution in [-0.2, 0) is 0 Å². The van der Waals surface area contributed by atoms with Gasteiger partial charge in [-0.15, -0.1) is 11.3 Å². The topological polar surface area (TPSA) is 12.9 Å². The summed E-state index contributed by atoms with van der Waals surface area (Å²) in [5.74, 6) is 0. The number of fused-ring (bicyclic) bond motifs is 1. The van der Waals surface area contributed by atoms with Gasteiger partial charge in [-0.3, -0.25) is 0 Å². The van der Waals surface area contributed by atoms with Crippen LogP contribution in [0.1, 0.15) is 5.56 Å². The monoisotopic (exact) mass is 149 g/mol. The molecular formula is C8H7NS. The zero-order chi connectivity index (χ0) is 6.97. The van der Waals surface area contributed by atoms with Crippen molar-refractivity contribution in [3.8, 4) is 10.6 Å². The maximum Gasteiger partial charge on any atom is 0.123 e. The van der Waals surface area contributed by atoms with Gasteiger partial charge in [-0.25, -0.2) is 4.98 Å². The number of rotatable bonds is 0. The van der Waals surface area contributed by atoms with Crippen molar-refractivity contribution in [2.45, 2.75) is 6.92 Å². The van der Waals surface area contributed by atoms with Crippen LogP contribution in [0.15, 0.2) is 23.7 Å². The van der Waals surface area contributed by atoms with Crippen LogP contribution in [0, 0.1) is 6.92 Å². The fourth-order valence-corrected chi connectivity index (χ4v) is 1.72. The van der Waals surface area contributed by atoms with Crippen molar-refractivity contribution < 1.29 is 0 Å². The fraction of sp³-hybridized carbons (Fsp3) is 0.125. The molecule has 0 bridgehead atoms. The van der Waals surface area contributed by atoms with Crippen molar-refractivity contribution >= 4 is 11.3 Å². The lowest BCUT2D eigenvalue weighted by atomic mass is 10.2. The first kappa shape index (κ1) is 5.86. The Morgan fingerprint density at radius 1 is 1.50 bits per heavy atom. The van der Waals surface area contributed by atoms with E-state index < -0.39 is 0 Å². The van der Waals surface area contributed by atoms with E-state index in [4.69, 9.17) is 0 Å². The first-order valence-electron chi connectivity index (χ1n) is 3.16. The fourth-order valence-electron chi connectivity index (χ4n) is 0.967. The summed E-state index contributed by atoms with van der Waals surface area (Å²) < 4.78 is 0. The molecule has 2 aliphatic rings. The Morgan fingerprint density at radius 3 is 3.30 bits per heavy atom. The van der Waals surface area contributed by atoms with Crippen LogP contribution in [0.25, 0.3) is 10.6 Å². The van der Waals surface area contributed by atoms with Crippen molar-refractivity contribution in [3.05, 3.63) is 29.3 Å². The highest BCUT2D eigenvalue weighted by Gasteiger charge is 2.01. The molecule has 0 aromatic rings. The van der Waals surface area contributed by atoms with Crippen LogP contribution in [0.5, 0.6) is 0 Å². The molecule has 2 heterocycles. The second-order valence-electron chi connectivity index (χ2n) is 2.33. The highest BCUT2D eigenvalue weighted by Crippen LogP contribution is 2.24. The van der Waals surface area contributed by atoms with Crippen LogP contribution in [-0.4, -0.2) is 4.98 Å². The number of aryl methyl sites for hydroxylation is 1. The minimum Gasteiger partial charge on any atom is -0.245 e. The first-order chi connectivity index (χ1) is 4.86. The minimum atomic E-state index is 1.13. The van der Waals surface area contributed by atoms with Gasteiger partial charge in [-0.05, 0) is 30.0 Å². The van der Waals surface area contributed by atoms with Gasteiger partial charge in [-0.1, -0.05) is 0 Å². The SMILES string of the molecule is Cc1csc2nccc-2c1. The summed E-state index contributed by atoms with van der Waals surface area (Å²) in [6.07, 6.45) is 1.85. The van der Waals surface area contributed by atoms with E-state index in [1.165, 1.54) is 11.1 Å². The molecule has 2 rings (SSSR count). The van der Waals surface area contributed by atoms with Crippen molar-refractivity contribution in [3.63, 3.8) is 0 Å². The van der Waals surface area contributed by atoms with Crippen LogP contribution in [0.3, 0.4) is 0 Å². The van der Waals surface area contributed by atoms with Gasteiger partial charge in [0.25, 0.3) is 0 Å². The second-order valence-corrected chi connectivity index (χ2v) is 3.19. The summed E-state index contributed by atoms with van der Waals surface area (Å²) in [6.45, 7) is 2.10. The molecule has 0 N–H and O–H groups in total. The Bertz CT molecular complexity index is 313. The zero-order valence-electron chi connectivity index (χ0n) is 5.66. The van der Waals surface area contributed by atoms with E-state index in [0.717, 1.165) is 5.01 Å². The molecule has 0 aliphatic carbocycles. The van der Waals surface area contributed by atoms with E-state index >= 15 is 0 Å². The second kappa shape index (κ2) is 2.06. The summed E-state index contributed by atoms with van der Waals surface area (Å²) in [4.78, 5) is 4.18.